The molecule has 1 aliphatic heterocycles. The van der Waals surface area contributed by atoms with Gasteiger partial charge in [0.2, 0.25) is 5.91 Å². The highest BCUT2D eigenvalue weighted by molar-refractivity contribution is 5.82. The van der Waals surface area contributed by atoms with Crippen LogP contribution in [-0.2, 0) is 9.53 Å². The van der Waals surface area contributed by atoms with Crippen molar-refractivity contribution in [1.82, 2.24) is 5.32 Å². The smallest absolute Gasteiger partial charge is 0.250 e. The van der Waals surface area contributed by atoms with Gasteiger partial charge in [-0.2, -0.15) is 0 Å². The summed E-state index contributed by atoms with van der Waals surface area (Å²) in [5, 5.41) is 2.71. The van der Waals surface area contributed by atoms with E-state index in [9.17, 15) is 4.79 Å². The van der Waals surface area contributed by atoms with E-state index >= 15 is 0 Å². The monoisotopic (exact) mass is 167 g/mol. The molecule has 12 heavy (non-hydrogen) atoms. The van der Waals surface area contributed by atoms with E-state index in [1.54, 1.807) is 13.8 Å². The highest BCUT2D eigenvalue weighted by Gasteiger charge is 2.29. The van der Waals surface area contributed by atoms with E-state index in [1.807, 2.05) is 0 Å². The minimum atomic E-state index is -0.573. The van der Waals surface area contributed by atoms with Crippen molar-refractivity contribution in [2.45, 2.75) is 31.9 Å². The van der Waals surface area contributed by atoms with Crippen LogP contribution in [0.15, 0.2) is 0 Å². The van der Waals surface area contributed by atoms with E-state index in [2.05, 4.69) is 11.2 Å². The van der Waals surface area contributed by atoms with Crippen LogP contribution in [0.3, 0.4) is 0 Å². The Morgan fingerprint density at radius 3 is 2.67 bits per heavy atom. The van der Waals surface area contributed by atoms with E-state index < -0.39 is 5.54 Å². The summed E-state index contributed by atoms with van der Waals surface area (Å²) in [6, 6.07) is 0. The third kappa shape index (κ3) is 1.99. The van der Waals surface area contributed by atoms with Crippen LogP contribution in [0.4, 0.5) is 0 Å². The molecule has 0 aromatic rings. The zero-order valence-corrected chi connectivity index (χ0v) is 7.39. The summed E-state index contributed by atoms with van der Waals surface area (Å²) in [6.45, 7) is 4.24. The van der Waals surface area contributed by atoms with Crippen LogP contribution in [0.1, 0.15) is 20.3 Å². The molecule has 1 atom stereocenters. The number of hydrogen-bond acceptors (Lipinski definition) is 2. The summed E-state index contributed by atoms with van der Waals surface area (Å²) < 4.78 is 5.00. The fourth-order valence-electron chi connectivity index (χ4n) is 0.867. The maximum Gasteiger partial charge on any atom is 0.250 e. The summed E-state index contributed by atoms with van der Waals surface area (Å²) in [6.07, 6.45) is 5.73. The molecule has 1 rings (SSSR count). The minimum Gasteiger partial charge on any atom is -0.368 e. The Balaban J connectivity index is 2.40. The second-order valence-corrected chi connectivity index (χ2v) is 3.41. The van der Waals surface area contributed by atoms with Crippen molar-refractivity contribution in [1.29, 1.82) is 0 Å². The topological polar surface area (TPSA) is 38.3 Å². The number of amides is 1. The fraction of sp³-hybridized carbons (Fsp3) is 0.667. The van der Waals surface area contributed by atoms with Crippen molar-refractivity contribution in [3.63, 3.8) is 0 Å². The Hall–Kier alpha value is -1.01. The van der Waals surface area contributed by atoms with E-state index in [0.717, 1.165) is 6.42 Å². The number of carbonyl (C=O) groups is 1. The number of ether oxygens (including phenoxy) is 1. The van der Waals surface area contributed by atoms with Gasteiger partial charge < -0.3 is 10.1 Å². The molecule has 0 aromatic carbocycles. The van der Waals surface area contributed by atoms with Crippen molar-refractivity contribution in [3.8, 4) is 12.3 Å². The van der Waals surface area contributed by atoms with Crippen molar-refractivity contribution >= 4 is 5.91 Å². The molecule has 0 radical (unpaired) electrons. The Bertz CT molecular complexity index is 223. The quantitative estimate of drug-likeness (QED) is 0.601. The lowest BCUT2D eigenvalue weighted by atomic mass is 10.1. The first-order chi connectivity index (χ1) is 5.55. The van der Waals surface area contributed by atoms with Gasteiger partial charge in [-0.25, -0.2) is 0 Å². The predicted molar refractivity (Wildman–Crippen MR) is 45.4 cm³/mol. The molecule has 1 aliphatic rings. The number of hydrogen-bond donors (Lipinski definition) is 1. The Kier molecular flexibility index (Phi) is 2.39. The Morgan fingerprint density at radius 1 is 1.75 bits per heavy atom. The van der Waals surface area contributed by atoms with Crippen molar-refractivity contribution in [3.05, 3.63) is 0 Å². The molecule has 0 aliphatic carbocycles. The third-order valence-corrected chi connectivity index (χ3v) is 1.79. The molecule has 0 bridgehead atoms. The van der Waals surface area contributed by atoms with Crippen LogP contribution in [0, 0.1) is 12.3 Å². The summed E-state index contributed by atoms with van der Waals surface area (Å²) in [5.74, 6) is 2.38. The van der Waals surface area contributed by atoms with Gasteiger partial charge >= 0.3 is 0 Å². The van der Waals surface area contributed by atoms with Gasteiger partial charge in [0.05, 0.1) is 12.1 Å². The molecule has 1 N–H and O–H groups in total. The van der Waals surface area contributed by atoms with Crippen LogP contribution >= 0.6 is 0 Å². The molecular formula is C9H13NO2. The molecule has 0 saturated carbocycles. The number of terminal acetylenes is 1. The molecule has 1 amide bonds. The van der Waals surface area contributed by atoms with E-state index in [4.69, 9.17) is 11.2 Å². The molecule has 3 heteroatoms. The lowest BCUT2D eigenvalue weighted by molar-refractivity contribution is -0.146. The highest BCUT2D eigenvalue weighted by Crippen LogP contribution is 2.12. The number of carbonyl (C=O) groups excluding carboxylic acids is 1. The van der Waals surface area contributed by atoms with Gasteiger partial charge in [0.25, 0.3) is 0 Å². The molecule has 1 saturated heterocycles. The maximum absolute atomic E-state index is 11.3. The summed E-state index contributed by atoms with van der Waals surface area (Å²) in [5.41, 5.74) is -0.573. The first-order valence-electron chi connectivity index (χ1n) is 3.96. The zero-order chi connectivity index (χ0) is 9.19. The Labute approximate surface area is 72.5 Å². The molecule has 1 heterocycles. The molecule has 0 spiro atoms. The van der Waals surface area contributed by atoms with E-state index in [-0.39, 0.29) is 12.0 Å². The lowest BCUT2D eigenvalue weighted by Gasteiger charge is -2.29. The highest BCUT2D eigenvalue weighted by atomic mass is 16.5. The third-order valence-electron chi connectivity index (χ3n) is 1.79. The summed E-state index contributed by atoms with van der Waals surface area (Å²) in [7, 11) is 0. The average molecular weight is 167 g/mol. The molecular weight excluding hydrogens is 154 g/mol. The van der Waals surface area contributed by atoms with E-state index in [0.29, 0.717) is 6.61 Å². The molecule has 0 aromatic heterocycles. The Morgan fingerprint density at radius 2 is 2.33 bits per heavy atom. The first-order valence-corrected chi connectivity index (χ1v) is 3.96. The van der Waals surface area contributed by atoms with Gasteiger partial charge in [-0.05, 0) is 13.8 Å². The maximum atomic E-state index is 11.3. The van der Waals surface area contributed by atoms with Crippen LogP contribution in [0.2, 0.25) is 0 Å². The van der Waals surface area contributed by atoms with Gasteiger partial charge in [0, 0.05) is 6.42 Å². The predicted octanol–water partition coefficient (Wildman–Crippen LogP) is 0.303. The van der Waals surface area contributed by atoms with Crippen molar-refractivity contribution in [2.75, 3.05) is 6.61 Å². The fourth-order valence-corrected chi connectivity index (χ4v) is 0.867. The number of rotatable bonds is 2. The molecule has 1 unspecified atom stereocenters. The van der Waals surface area contributed by atoms with Crippen LogP contribution < -0.4 is 5.32 Å². The lowest BCUT2D eigenvalue weighted by Crippen LogP contribution is -2.50. The van der Waals surface area contributed by atoms with Crippen molar-refractivity contribution < 1.29 is 9.53 Å². The van der Waals surface area contributed by atoms with Crippen LogP contribution in [-0.4, -0.2) is 24.2 Å². The van der Waals surface area contributed by atoms with Crippen LogP contribution in [0.5, 0.6) is 0 Å². The average Bonchev–Trinajstić information content (AvgIpc) is 1.82. The van der Waals surface area contributed by atoms with Gasteiger partial charge in [-0.15, -0.1) is 6.42 Å². The summed E-state index contributed by atoms with van der Waals surface area (Å²) >= 11 is 0. The van der Waals surface area contributed by atoms with Gasteiger partial charge in [0.15, 0.2) is 0 Å². The molecule has 3 nitrogen and oxygen atoms in total. The standard InChI is InChI=1S/C9H13NO2/c1-4-9(2,3)10-8(11)7-5-6-12-7/h1,7H,5-6H2,2-3H3,(H,10,11). The van der Waals surface area contributed by atoms with Crippen LogP contribution in [0.25, 0.3) is 0 Å². The molecule has 66 valence electrons. The molecule has 1 fully saturated rings. The largest absolute Gasteiger partial charge is 0.368 e. The second-order valence-electron chi connectivity index (χ2n) is 3.41. The summed E-state index contributed by atoms with van der Waals surface area (Å²) in [4.78, 5) is 11.3. The van der Waals surface area contributed by atoms with Crippen molar-refractivity contribution in [2.24, 2.45) is 0 Å². The number of nitrogens with one attached hydrogen (secondary N) is 1. The SMILES string of the molecule is C#CC(C)(C)NC(=O)C1CCO1. The normalized spacial score (nSPS) is 22.2. The first kappa shape index (κ1) is 9.08. The van der Waals surface area contributed by atoms with E-state index in [1.165, 1.54) is 0 Å². The van der Waals surface area contributed by atoms with Gasteiger partial charge in [-0.1, -0.05) is 5.92 Å². The minimum absolute atomic E-state index is 0.107. The van der Waals surface area contributed by atoms with Gasteiger partial charge in [-0.3, -0.25) is 4.79 Å². The second kappa shape index (κ2) is 3.16. The zero-order valence-electron chi connectivity index (χ0n) is 7.39. The van der Waals surface area contributed by atoms with Gasteiger partial charge in [0.1, 0.15) is 6.10 Å².